The first-order valence-electron chi connectivity index (χ1n) is 13.0. The minimum Gasteiger partial charge on any atom is -0.493 e. The van der Waals surface area contributed by atoms with Crippen LogP contribution in [0.15, 0.2) is 60.7 Å². The average molecular weight is 472 g/mol. The highest BCUT2D eigenvalue weighted by Crippen LogP contribution is 2.39. The van der Waals surface area contributed by atoms with Crippen molar-refractivity contribution in [1.29, 1.82) is 0 Å². The summed E-state index contributed by atoms with van der Waals surface area (Å²) >= 11 is 0. The largest absolute Gasteiger partial charge is 0.493 e. The summed E-state index contributed by atoms with van der Waals surface area (Å²) in [7, 11) is 3.42. The van der Waals surface area contributed by atoms with Crippen LogP contribution < -0.4 is 14.2 Å². The summed E-state index contributed by atoms with van der Waals surface area (Å²) in [6.07, 6.45) is 7.21. The van der Waals surface area contributed by atoms with Crippen LogP contribution in [-0.2, 0) is 26.0 Å². The Morgan fingerprint density at radius 2 is 1.66 bits per heavy atom. The van der Waals surface area contributed by atoms with Crippen LogP contribution in [0.25, 0.3) is 0 Å². The number of hydrogen-bond acceptors (Lipinski definition) is 4. The third kappa shape index (κ3) is 5.48. The Hall–Kier alpha value is -2.98. The number of fused-ring (bicyclic) bond motifs is 2. The van der Waals surface area contributed by atoms with E-state index >= 15 is 0 Å². The Labute approximate surface area is 209 Å². The second kappa shape index (κ2) is 11.2. The molecule has 2 aliphatic rings. The second-order valence-electron chi connectivity index (χ2n) is 9.83. The van der Waals surface area contributed by atoms with Crippen LogP contribution in [-0.4, -0.2) is 32.2 Å². The third-order valence-corrected chi connectivity index (χ3v) is 7.65. The van der Waals surface area contributed by atoms with Gasteiger partial charge in [0.25, 0.3) is 0 Å². The molecule has 0 aromatic heterocycles. The smallest absolute Gasteiger partial charge is 0.161 e. The van der Waals surface area contributed by atoms with Crippen LogP contribution in [0, 0.1) is 0 Å². The van der Waals surface area contributed by atoms with E-state index in [2.05, 4.69) is 65.6 Å². The minimum absolute atomic E-state index is 0.634. The SMILES string of the molecule is COc1cc2c(cc1OC)CN(CCCC1CCCc3c(OCc4ccccc4)cccc31)CC2. The first-order chi connectivity index (χ1) is 17.2. The van der Waals surface area contributed by atoms with Crippen LogP contribution in [0.2, 0.25) is 0 Å². The molecule has 5 rings (SSSR count). The van der Waals surface area contributed by atoms with E-state index in [0.29, 0.717) is 12.5 Å². The van der Waals surface area contributed by atoms with E-state index in [1.54, 1.807) is 14.2 Å². The van der Waals surface area contributed by atoms with Gasteiger partial charge in [-0.1, -0.05) is 42.5 Å². The molecular weight excluding hydrogens is 434 g/mol. The molecule has 3 aromatic rings. The molecular formula is C31H37NO3. The van der Waals surface area contributed by atoms with E-state index in [1.807, 2.05) is 0 Å². The molecule has 0 N–H and O–H groups in total. The lowest BCUT2D eigenvalue weighted by atomic mass is 9.80. The summed E-state index contributed by atoms with van der Waals surface area (Å²) in [5.74, 6) is 3.38. The summed E-state index contributed by atoms with van der Waals surface area (Å²) in [6, 6.07) is 21.4. The van der Waals surface area contributed by atoms with E-state index in [4.69, 9.17) is 14.2 Å². The summed E-state index contributed by atoms with van der Waals surface area (Å²) in [5, 5.41) is 0. The highest BCUT2D eigenvalue weighted by Gasteiger charge is 2.24. The molecule has 0 radical (unpaired) electrons. The summed E-state index contributed by atoms with van der Waals surface area (Å²) in [6.45, 7) is 3.88. The summed E-state index contributed by atoms with van der Waals surface area (Å²) < 4.78 is 17.3. The normalized spacial score (nSPS) is 17.4. The van der Waals surface area contributed by atoms with Gasteiger partial charge in [-0.15, -0.1) is 0 Å². The van der Waals surface area contributed by atoms with Crippen molar-refractivity contribution in [2.75, 3.05) is 27.3 Å². The molecule has 4 heteroatoms. The number of benzene rings is 3. The van der Waals surface area contributed by atoms with Crippen LogP contribution in [0.4, 0.5) is 0 Å². The van der Waals surface area contributed by atoms with Gasteiger partial charge in [-0.3, -0.25) is 4.90 Å². The molecule has 0 saturated heterocycles. The quantitative estimate of drug-likeness (QED) is 0.354. The molecule has 0 bridgehead atoms. The van der Waals surface area contributed by atoms with Crippen molar-refractivity contribution in [3.8, 4) is 17.2 Å². The highest BCUT2D eigenvalue weighted by molar-refractivity contribution is 5.48. The van der Waals surface area contributed by atoms with Crippen molar-refractivity contribution < 1.29 is 14.2 Å². The number of hydrogen-bond donors (Lipinski definition) is 0. The maximum absolute atomic E-state index is 6.28. The molecule has 1 aliphatic heterocycles. The number of nitrogens with zero attached hydrogens (tertiary/aromatic N) is 1. The third-order valence-electron chi connectivity index (χ3n) is 7.65. The van der Waals surface area contributed by atoms with Crippen LogP contribution >= 0.6 is 0 Å². The predicted molar refractivity (Wildman–Crippen MR) is 141 cm³/mol. The first-order valence-corrected chi connectivity index (χ1v) is 13.0. The topological polar surface area (TPSA) is 30.9 Å². The van der Waals surface area contributed by atoms with Crippen molar-refractivity contribution in [3.05, 3.63) is 88.5 Å². The maximum Gasteiger partial charge on any atom is 0.161 e. The first kappa shape index (κ1) is 23.7. The van der Waals surface area contributed by atoms with Gasteiger partial charge in [0, 0.05) is 13.1 Å². The van der Waals surface area contributed by atoms with E-state index in [9.17, 15) is 0 Å². The van der Waals surface area contributed by atoms with Gasteiger partial charge in [0.2, 0.25) is 0 Å². The lowest BCUT2D eigenvalue weighted by Gasteiger charge is -2.31. The van der Waals surface area contributed by atoms with Crippen molar-refractivity contribution in [1.82, 2.24) is 4.90 Å². The molecule has 35 heavy (non-hydrogen) atoms. The summed E-state index contributed by atoms with van der Waals surface area (Å²) in [5.41, 5.74) is 6.94. The Bertz CT molecular complexity index is 1130. The number of ether oxygens (including phenoxy) is 3. The lowest BCUT2D eigenvalue weighted by Crippen LogP contribution is -2.31. The Morgan fingerprint density at radius 3 is 2.46 bits per heavy atom. The van der Waals surface area contributed by atoms with Crippen molar-refractivity contribution >= 4 is 0 Å². The Kier molecular flexibility index (Phi) is 7.58. The molecule has 1 aliphatic carbocycles. The van der Waals surface area contributed by atoms with Crippen LogP contribution in [0.1, 0.15) is 59.4 Å². The highest BCUT2D eigenvalue weighted by atomic mass is 16.5. The average Bonchev–Trinajstić information content (AvgIpc) is 2.91. The Balaban J connectivity index is 1.18. The van der Waals surface area contributed by atoms with Gasteiger partial charge in [-0.05, 0) is 97.0 Å². The lowest BCUT2D eigenvalue weighted by molar-refractivity contribution is 0.243. The molecule has 4 nitrogen and oxygen atoms in total. The van der Waals surface area contributed by atoms with E-state index in [1.165, 1.54) is 53.5 Å². The van der Waals surface area contributed by atoms with Gasteiger partial charge in [0.1, 0.15) is 12.4 Å². The molecule has 0 fully saturated rings. The molecule has 0 saturated carbocycles. The number of methoxy groups -OCH3 is 2. The van der Waals surface area contributed by atoms with E-state index in [0.717, 1.165) is 49.7 Å². The van der Waals surface area contributed by atoms with Crippen molar-refractivity contribution in [2.24, 2.45) is 0 Å². The zero-order valence-electron chi connectivity index (χ0n) is 21.1. The predicted octanol–water partition coefficient (Wildman–Crippen LogP) is 6.54. The maximum atomic E-state index is 6.28. The fourth-order valence-corrected chi connectivity index (χ4v) is 5.78. The molecule has 0 spiro atoms. The van der Waals surface area contributed by atoms with Crippen LogP contribution in [0.3, 0.4) is 0 Å². The zero-order valence-corrected chi connectivity index (χ0v) is 21.1. The molecule has 0 amide bonds. The molecule has 184 valence electrons. The molecule has 1 unspecified atom stereocenters. The van der Waals surface area contributed by atoms with Gasteiger partial charge in [-0.2, -0.15) is 0 Å². The zero-order chi connectivity index (χ0) is 24.0. The van der Waals surface area contributed by atoms with Gasteiger partial charge >= 0.3 is 0 Å². The monoisotopic (exact) mass is 471 g/mol. The second-order valence-corrected chi connectivity index (χ2v) is 9.83. The van der Waals surface area contributed by atoms with Gasteiger partial charge in [0.05, 0.1) is 14.2 Å². The van der Waals surface area contributed by atoms with Gasteiger partial charge in [-0.25, -0.2) is 0 Å². The fraction of sp³-hybridized carbons (Fsp3) is 0.419. The van der Waals surface area contributed by atoms with E-state index < -0.39 is 0 Å². The fourth-order valence-electron chi connectivity index (χ4n) is 5.78. The van der Waals surface area contributed by atoms with Crippen molar-refractivity contribution in [2.45, 2.75) is 57.6 Å². The molecule has 1 atom stereocenters. The van der Waals surface area contributed by atoms with Gasteiger partial charge in [0.15, 0.2) is 11.5 Å². The summed E-state index contributed by atoms with van der Waals surface area (Å²) in [4.78, 5) is 2.59. The Morgan fingerprint density at radius 1 is 0.857 bits per heavy atom. The van der Waals surface area contributed by atoms with Crippen molar-refractivity contribution in [3.63, 3.8) is 0 Å². The van der Waals surface area contributed by atoms with E-state index in [-0.39, 0.29) is 0 Å². The van der Waals surface area contributed by atoms with Crippen LogP contribution in [0.5, 0.6) is 17.2 Å². The van der Waals surface area contributed by atoms with Gasteiger partial charge < -0.3 is 14.2 Å². The molecule has 1 heterocycles. The number of rotatable bonds is 9. The molecule has 3 aromatic carbocycles. The minimum atomic E-state index is 0.634. The standard InChI is InChI=1S/C31H37NO3/c1-33-30-19-25-16-18-32(21-26(25)20-31(30)34-2)17-8-12-24-11-6-14-28-27(24)13-7-15-29(28)35-22-23-9-4-3-5-10-23/h3-5,7,9-10,13,15,19-20,24H,6,8,11-12,14,16-18,21-22H2,1-2H3.